The molecule has 1 spiro atoms. The first-order valence-electron chi connectivity index (χ1n) is 20.7. The molecule has 0 unspecified atom stereocenters. The van der Waals surface area contributed by atoms with Gasteiger partial charge in [-0.3, -0.25) is 0 Å². The van der Waals surface area contributed by atoms with Gasteiger partial charge in [0.15, 0.2) is 6.20 Å². The van der Waals surface area contributed by atoms with Gasteiger partial charge in [-0.1, -0.05) is 142 Å². The van der Waals surface area contributed by atoms with Crippen LogP contribution in [0.3, 0.4) is 0 Å². The van der Waals surface area contributed by atoms with E-state index in [4.69, 9.17) is 4.74 Å². The largest absolute Gasteiger partial charge is 0.509 e. The van der Waals surface area contributed by atoms with Gasteiger partial charge in [0.25, 0.3) is 0 Å². The average molecular weight is 960 g/mol. The summed E-state index contributed by atoms with van der Waals surface area (Å²) in [6, 6.07) is 38.6. The quantitative estimate of drug-likeness (QED) is 0.130. The third-order valence-corrected chi connectivity index (χ3v) is 12.4. The number of para-hydroxylation sites is 1. The van der Waals surface area contributed by atoms with E-state index in [0.29, 0.717) is 11.5 Å². The van der Waals surface area contributed by atoms with E-state index < -0.39 is 5.41 Å². The summed E-state index contributed by atoms with van der Waals surface area (Å²) in [5, 5.41) is 4.48. The van der Waals surface area contributed by atoms with Gasteiger partial charge in [0, 0.05) is 55.4 Å². The molecule has 1 aromatic heterocycles. The van der Waals surface area contributed by atoms with Crippen LogP contribution in [0, 0.1) is 18.8 Å². The summed E-state index contributed by atoms with van der Waals surface area (Å²) in [6.45, 7) is 30.6. The molecule has 0 atom stereocenters. The number of fused-ring (bicyclic) bond motifs is 9. The second-order valence-corrected chi connectivity index (χ2v) is 20.6. The third kappa shape index (κ3) is 6.37. The van der Waals surface area contributed by atoms with Gasteiger partial charge in [-0.15, -0.1) is 23.8 Å². The van der Waals surface area contributed by atoms with Crippen LogP contribution < -0.4 is 19.2 Å². The first kappa shape index (κ1) is 41.0. The van der Waals surface area contributed by atoms with Crippen LogP contribution >= 0.6 is 0 Å². The minimum atomic E-state index is -0.643. The molecule has 5 aromatic carbocycles. The summed E-state index contributed by atoms with van der Waals surface area (Å²) in [4.78, 5) is 4.60. The number of nitrogens with zero attached hydrogens (tertiary/aromatic N) is 4. The molecular weight excluding hydrogens is 904 g/mol. The maximum Gasteiger partial charge on any atom is 0.200 e. The average Bonchev–Trinajstić information content (AvgIpc) is 3.65. The van der Waals surface area contributed by atoms with Crippen LogP contribution in [-0.2, 0) is 48.1 Å². The number of rotatable bonds is 3. The Labute approximate surface area is 366 Å². The van der Waals surface area contributed by atoms with Crippen molar-refractivity contribution in [3.8, 4) is 28.3 Å². The van der Waals surface area contributed by atoms with Crippen molar-refractivity contribution < 1.29 is 30.5 Å². The number of hydrogen-bond donors (Lipinski definition) is 0. The van der Waals surface area contributed by atoms with Gasteiger partial charge < -0.3 is 14.5 Å². The fraction of sp³-hybridized carbons (Fsp3) is 0.340. The summed E-state index contributed by atoms with van der Waals surface area (Å²) in [5.74, 6) is 1.24. The molecule has 1 aliphatic carbocycles. The molecule has 0 bridgehead atoms. The number of anilines is 3. The number of aromatic nitrogens is 2. The maximum absolute atomic E-state index is 6.68. The molecule has 6 heteroatoms. The fourth-order valence-corrected chi connectivity index (χ4v) is 9.45. The Morgan fingerprint density at radius 2 is 1.24 bits per heavy atom. The Morgan fingerprint density at radius 3 is 1.80 bits per heavy atom. The molecule has 0 N–H and O–H groups in total. The zero-order valence-corrected chi connectivity index (χ0v) is 39.1. The van der Waals surface area contributed by atoms with Crippen LogP contribution in [0.15, 0.2) is 97.3 Å². The Morgan fingerprint density at radius 1 is 0.644 bits per heavy atom. The van der Waals surface area contributed by atoms with E-state index in [1.54, 1.807) is 10.9 Å². The molecule has 9 rings (SSSR count). The third-order valence-electron chi connectivity index (χ3n) is 12.4. The minimum Gasteiger partial charge on any atom is -0.509 e. The van der Waals surface area contributed by atoms with Crippen molar-refractivity contribution in [3.63, 3.8) is 0 Å². The molecule has 3 aliphatic rings. The topological polar surface area (TPSA) is 32.5 Å². The Hall–Kier alpha value is -4.73. The summed E-state index contributed by atoms with van der Waals surface area (Å²) in [7, 11) is 2.15. The first-order chi connectivity index (χ1) is 27.2. The van der Waals surface area contributed by atoms with Crippen molar-refractivity contribution in [2.75, 3.05) is 16.8 Å². The monoisotopic (exact) mass is 959 g/mol. The minimum absolute atomic E-state index is 0. The first-order valence-corrected chi connectivity index (χ1v) is 20.7. The molecule has 0 radical (unpaired) electrons. The standard InChI is InChI=1S/C53H56N4O.Pt/c1-49(2,3)33-26-38-39-27-34(50(4,5)6)29-43(52(10,11)12)47(39)53(46(38)42(28-33)51(7,8)9)40-23-22-37(58-36-19-16-18-35(30-36)57-25-15-14-24-54-57)31-45(40)56-32-55(13)44-21-17-20-41(53)48(44)56;/h14-29,32H,1-13H3;/q-2;. The number of hydrogen-bond acceptors (Lipinski definition) is 4. The van der Waals surface area contributed by atoms with E-state index in [0.717, 1.165) is 11.4 Å². The molecule has 6 aromatic rings. The smallest absolute Gasteiger partial charge is 0.200 e. The van der Waals surface area contributed by atoms with Crippen molar-refractivity contribution in [1.82, 2.24) is 5.10 Å². The Bertz CT molecular complexity index is 2550. The second kappa shape index (κ2) is 13.6. The normalized spacial score (nSPS) is 15.1. The molecule has 3 heterocycles. The van der Waals surface area contributed by atoms with E-state index in [2.05, 4.69) is 178 Å². The zero-order chi connectivity index (χ0) is 41.3. The predicted molar refractivity (Wildman–Crippen MR) is 237 cm³/mol. The molecule has 0 fully saturated rings. The van der Waals surface area contributed by atoms with E-state index in [1.165, 1.54) is 67.0 Å². The molecule has 5 nitrogen and oxygen atoms in total. The molecular formula is C53H56N4OPt-2. The summed E-state index contributed by atoms with van der Waals surface area (Å²) < 4.78 is 8.47. The Kier molecular flexibility index (Phi) is 9.49. The van der Waals surface area contributed by atoms with Gasteiger partial charge in [0.05, 0.1) is 6.20 Å². The van der Waals surface area contributed by atoms with Gasteiger partial charge in [0.1, 0.15) is 5.69 Å². The molecule has 0 saturated carbocycles. The van der Waals surface area contributed by atoms with Gasteiger partial charge >= 0.3 is 0 Å². The van der Waals surface area contributed by atoms with E-state index >= 15 is 0 Å². The van der Waals surface area contributed by atoms with Gasteiger partial charge in [-0.05, 0) is 96.0 Å². The van der Waals surface area contributed by atoms with E-state index in [9.17, 15) is 0 Å². The van der Waals surface area contributed by atoms with Crippen LogP contribution in [-0.4, -0.2) is 12.1 Å². The molecule has 306 valence electrons. The van der Waals surface area contributed by atoms with Crippen molar-refractivity contribution >= 4 is 17.1 Å². The van der Waals surface area contributed by atoms with Crippen molar-refractivity contribution in [3.05, 3.63) is 161 Å². The van der Waals surface area contributed by atoms with Crippen LogP contribution in [0.1, 0.15) is 128 Å². The molecule has 0 saturated heterocycles. The van der Waals surface area contributed by atoms with Gasteiger partial charge in [-0.25, -0.2) is 0 Å². The van der Waals surface area contributed by atoms with Crippen LogP contribution in [0.4, 0.5) is 17.1 Å². The Balaban J connectivity index is 0.00000484. The SMILES string of the molecule is CN1[CH-]N2c3[c-]c(Oc4[c-]c(-[n+]5ccccn5)ccc4)ccc3C3(c4cccc1c42)c1c(cc(C(C)(C)C)cc1C(C)(C)C)-c1cc(C(C)(C)C)cc(C(C)(C)C)c13.[Pt]. The van der Waals surface area contributed by atoms with E-state index in [-0.39, 0.29) is 42.7 Å². The van der Waals surface area contributed by atoms with Crippen LogP contribution in [0.5, 0.6) is 11.5 Å². The van der Waals surface area contributed by atoms with Gasteiger partial charge in [0.2, 0.25) is 0 Å². The number of ether oxygens (including phenoxy) is 1. The molecule has 0 amide bonds. The maximum atomic E-state index is 6.68. The number of benzene rings is 5. The van der Waals surface area contributed by atoms with Crippen molar-refractivity contribution in [2.24, 2.45) is 0 Å². The fourth-order valence-electron chi connectivity index (χ4n) is 9.45. The summed E-state index contributed by atoms with van der Waals surface area (Å²) in [6.07, 6.45) is 3.69. The van der Waals surface area contributed by atoms with Crippen LogP contribution in [0.2, 0.25) is 0 Å². The van der Waals surface area contributed by atoms with Gasteiger partial charge in [-0.2, -0.15) is 18.8 Å². The summed E-state index contributed by atoms with van der Waals surface area (Å²) in [5.41, 5.74) is 16.6. The van der Waals surface area contributed by atoms with E-state index in [1.807, 2.05) is 36.5 Å². The zero-order valence-electron chi connectivity index (χ0n) is 36.8. The van der Waals surface area contributed by atoms with Crippen LogP contribution in [0.25, 0.3) is 16.8 Å². The second-order valence-electron chi connectivity index (χ2n) is 20.6. The van der Waals surface area contributed by atoms with Crippen molar-refractivity contribution in [2.45, 2.75) is 110 Å². The molecule has 2 aliphatic heterocycles. The van der Waals surface area contributed by atoms with Crippen molar-refractivity contribution in [1.29, 1.82) is 0 Å². The summed E-state index contributed by atoms with van der Waals surface area (Å²) >= 11 is 0. The predicted octanol–water partition coefficient (Wildman–Crippen LogP) is 12.3. The molecule has 59 heavy (non-hydrogen) atoms.